The van der Waals surface area contributed by atoms with E-state index in [0.29, 0.717) is 35.9 Å². The predicted molar refractivity (Wildman–Crippen MR) is 85.5 cm³/mol. The number of sulfone groups is 1. The van der Waals surface area contributed by atoms with Gasteiger partial charge >= 0.3 is 0 Å². The van der Waals surface area contributed by atoms with Crippen LogP contribution in [-0.2, 0) is 16.3 Å². The highest BCUT2D eigenvalue weighted by Gasteiger charge is 2.25. The maximum atomic E-state index is 12.3. The lowest BCUT2D eigenvalue weighted by Gasteiger charge is -2.19. The predicted octanol–water partition coefficient (Wildman–Crippen LogP) is 2.52. The average molecular weight is 312 g/mol. The Balaban J connectivity index is 2.21. The van der Waals surface area contributed by atoms with E-state index in [1.165, 1.54) is 11.0 Å². The van der Waals surface area contributed by atoms with Gasteiger partial charge in [0.1, 0.15) is 0 Å². The first-order valence-electron chi connectivity index (χ1n) is 9.91. The second-order valence-corrected chi connectivity index (χ2v) is 7.61. The van der Waals surface area contributed by atoms with Gasteiger partial charge < -0.3 is 9.88 Å². The lowest BCUT2D eigenvalue weighted by Crippen LogP contribution is -2.27. The smallest absolute Gasteiger partial charge is 0.176 e. The van der Waals surface area contributed by atoms with Crippen molar-refractivity contribution in [3.8, 4) is 0 Å². The lowest BCUT2D eigenvalue weighted by molar-refractivity contribution is 0.309. The van der Waals surface area contributed by atoms with Crippen LogP contribution in [0.15, 0.2) is 23.1 Å². The molecule has 0 bridgehead atoms. The van der Waals surface area contributed by atoms with E-state index in [1.54, 1.807) is 12.1 Å². The molecule has 2 aromatic rings. The minimum Gasteiger partial charge on any atom is -0.358 e. The van der Waals surface area contributed by atoms with Crippen molar-refractivity contribution in [2.24, 2.45) is 0 Å². The molecule has 1 saturated heterocycles. The second-order valence-electron chi connectivity index (χ2n) is 5.62. The molecule has 1 aromatic carbocycles. The number of hydrogen-bond acceptors (Lipinski definition) is 3. The Hall–Kier alpha value is -1.33. The molecule has 0 saturated carbocycles. The van der Waals surface area contributed by atoms with Gasteiger partial charge in [0.25, 0.3) is 0 Å². The van der Waals surface area contributed by atoms with Crippen molar-refractivity contribution < 1.29 is 16.6 Å². The second kappa shape index (κ2) is 5.14. The highest BCUT2D eigenvalue weighted by Crippen LogP contribution is 2.31. The molecule has 2 heterocycles. The van der Waals surface area contributed by atoms with E-state index in [4.69, 9.17) is 8.22 Å². The Morgan fingerprint density at radius 2 is 2.33 bits per heavy atom. The molecule has 0 spiro atoms. The van der Waals surface area contributed by atoms with Crippen molar-refractivity contribution in [2.75, 3.05) is 19.8 Å². The van der Waals surface area contributed by atoms with Gasteiger partial charge in [-0.05, 0) is 57.3 Å². The zero-order valence-electron chi connectivity index (χ0n) is 17.8. The summed E-state index contributed by atoms with van der Waals surface area (Å²) in [6.07, 6.45) is 2.57. The number of aryl methyl sites for hydroxylation is 1. The molecule has 3 rings (SSSR count). The number of rotatable bonds is 3. The summed E-state index contributed by atoms with van der Waals surface area (Å²) in [5.41, 5.74) is 0.774. The van der Waals surface area contributed by atoms with Crippen LogP contribution >= 0.6 is 0 Å². The zero-order valence-corrected chi connectivity index (χ0v) is 12.6. The maximum Gasteiger partial charge on any atom is 0.176 e. The van der Waals surface area contributed by atoms with Gasteiger partial charge in [0, 0.05) is 37.1 Å². The number of nitrogens with one attached hydrogen (secondary N) is 1. The van der Waals surface area contributed by atoms with Crippen LogP contribution < -0.4 is 0 Å². The monoisotopic (exact) mass is 312 g/mol. The van der Waals surface area contributed by atoms with Gasteiger partial charge in [-0.15, -0.1) is 0 Å². The van der Waals surface area contributed by atoms with Crippen LogP contribution in [0, 0.1) is 6.85 Å². The third-order valence-electron chi connectivity index (χ3n) is 4.11. The number of nitrogens with zero attached hydrogens (tertiary/aromatic N) is 1. The van der Waals surface area contributed by atoms with E-state index in [2.05, 4.69) is 4.98 Å². The van der Waals surface area contributed by atoms with Crippen molar-refractivity contribution in [1.29, 1.82) is 0 Å². The lowest BCUT2D eigenvalue weighted by atomic mass is 10.0. The van der Waals surface area contributed by atoms with Crippen molar-refractivity contribution >= 4 is 20.7 Å². The zero-order chi connectivity index (χ0) is 20.2. The van der Waals surface area contributed by atoms with Crippen molar-refractivity contribution in [3.63, 3.8) is 0 Å². The topological polar surface area (TPSA) is 53.2 Å². The van der Waals surface area contributed by atoms with Gasteiger partial charge in [-0.2, -0.15) is 0 Å². The van der Waals surface area contributed by atoms with Crippen LogP contribution in [0.4, 0.5) is 0 Å². The fourth-order valence-corrected chi connectivity index (χ4v) is 4.01. The molecular weight excluding hydrogens is 284 g/mol. The Kier molecular flexibility index (Phi) is 2.19. The Labute approximate surface area is 134 Å². The largest absolute Gasteiger partial charge is 0.358 e. The van der Waals surface area contributed by atoms with Gasteiger partial charge in [-0.1, -0.05) is 6.07 Å². The van der Waals surface area contributed by atoms with Crippen LogP contribution in [0.2, 0.25) is 0 Å². The number of benzene rings is 1. The van der Waals surface area contributed by atoms with Crippen LogP contribution in [0.3, 0.4) is 0 Å². The molecule has 1 aliphatic heterocycles. The number of aromatic nitrogens is 1. The molecule has 1 fully saturated rings. The average Bonchev–Trinajstić information content (AvgIpc) is 3.10. The molecule has 1 aromatic heterocycles. The summed E-state index contributed by atoms with van der Waals surface area (Å²) >= 11 is 0. The van der Waals surface area contributed by atoms with E-state index in [1.807, 2.05) is 0 Å². The fraction of sp³-hybridized carbons (Fsp3) is 0.500. The molecule has 1 N–H and O–H groups in total. The molecule has 4 nitrogen and oxygen atoms in total. The van der Waals surface area contributed by atoms with Crippen molar-refractivity contribution in [3.05, 3.63) is 29.5 Å². The number of likely N-dealkylation sites (N-methyl/N-ethyl adjacent to an activating group) is 1. The molecule has 0 unspecified atom stereocenters. The summed E-state index contributed by atoms with van der Waals surface area (Å²) in [6, 6.07) is 4.28. The molecule has 5 heteroatoms. The van der Waals surface area contributed by atoms with Gasteiger partial charge in [0.2, 0.25) is 0 Å². The Bertz CT molecular complexity index is 962. The summed E-state index contributed by atoms with van der Waals surface area (Å²) in [6.45, 7) is -4.33. The molecule has 1 atom stereocenters. The molecule has 0 aliphatic carbocycles. The number of likely N-dealkylation sites (tertiary alicyclic amines) is 1. The quantitative estimate of drug-likeness (QED) is 0.947. The number of H-pyrrole nitrogens is 1. The van der Waals surface area contributed by atoms with Crippen LogP contribution in [0.5, 0.6) is 0 Å². The number of aromatic amines is 1. The Morgan fingerprint density at radius 3 is 3.05 bits per heavy atom. The van der Waals surface area contributed by atoms with Crippen molar-refractivity contribution in [1.82, 2.24) is 9.88 Å². The molecule has 1 aliphatic rings. The standard InChI is InChI=1S/C16H22N2O2S/c1-11-13(10-12-6-5-9-18(12)2)16-14(17-11)7-4-8-15(16)21(3,19)20/h4,7-8,12,17H,5-6,9-10H2,1-3H3/t12-/m1/s1/i1D3,2D3. The van der Waals surface area contributed by atoms with Gasteiger partial charge in [0.15, 0.2) is 9.84 Å². The minimum atomic E-state index is -3.59. The summed E-state index contributed by atoms with van der Waals surface area (Å²) < 4.78 is 71.2. The normalized spacial score (nSPS) is 25.9. The molecule has 21 heavy (non-hydrogen) atoms. The van der Waals surface area contributed by atoms with Crippen LogP contribution in [0.1, 0.15) is 32.3 Å². The maximum absolute atomic E-state index is 12.3. The van der Waals surface area contributed by atoms with E-state index in [-0.39, 0.29) is 23.1 Å². The van der Waals surface area contributed by atoms with E-state index < -0.39 is 23.7 Å². The highest BCUT2D eigenvalue weighted by molar-refractivity contribution is 7.91. The fourth-order valence-electron chi connectivity index (χ4n) is 3.08. The third-order valence-corrected chi connectivity index (χ3v) is 5.24. The van der Waals surface area contributed by atoms with Crippen LogP contribution in [-0.4, -0.2) is 44.1 Å². The summed E-state index contributed by atoms with van der Waals surface area (Å²) in [5.74, 6) is 0. The SMILES string of the molecule is [2H]C([2H])([2H])c1[nH]c2cccc(S(C)(=O)=O)c2c1C[C@H]1CCCN1C([2H])([2H])[2H]. The third kappa shape index (κ3) is 2.60. The van der Waals surface area contributed by atoms with Gasteiger partial charge in [0.05, 0.1) is 4.90 Å². The van der Waals surface area contributed by atoms with E-state index in [9.17, 15) is 8.42 Å². The molecular formula is C16H22N2O2S. The molecule has 0 amide bonds. The first kappa shape index (κ1) is 8.96. The summed E-state index contributed by atoms with van der Waals surface area (Å²) in [4.78, 5) is 4.31. The first-order valence-corrected chi connectivity index (χ1v) is 8.80. The highest BCUT2D eigenvalue weighted by atomic mass is 32.2. The summed E-state index contributed by atoms with van der Waals surface area (Å²) in [7, 11) is -3.59. The molecule has 0 radical (unpaired) electrons. The number of fused-ring (bicyclic) bond motifs is 1. The number of hydrogen-bond donors (Lipinski definition) is 1. The van der Waals surface area contributed by atoms with Gasteiger partial charge in [-0.3, -0.25) is 0 Å². The van der Waals surface area contributed by atoms with Crippen LogP contribution in [0.25, 0.3) is 10.9 Å². The first-order chi connectivity index (χ1) is 12.3. The van der Waals surface area contributed by atoms with E-state index >= 15 is 0 Å². The summed E-state index contributed by atoms with van der Waals surface area (Å²) in [5, 5.41) is 0.350. The minimum absolute atomic E-state index is 0.0222. The van der Waals surface area contributed by atoms with Gasteiger partial charge in [-0.25, -0.2) is 8.42 Å². The van der Waals surface area contributed by atoms with E-state index in [0.717, 1.165) is 6.26 Å². The van der Waals surface area contributed by atoms with Crippen molar-refractivity contribution in [2.45, 2.75) is 37.1 Å². The Morgan fingerprint density at radius 1 is 1.48 bits per heavy atom. The molecule has 114 valence electrons.